The number of rotatable bonds is 5. The van der Waals surface area contributed by atoms with Crippen LogP contribution in [0.1, 0.15) is 43.0 Å². The number of carbonyl (C=O) groups is 2. The molecule has 1 aliphatic rings. The fraction of sp³-hybridized carbons (Fsp3) is 0.133. The molecule has 4 aromatic rings. The lowest BCUT2D eigenvalue weighted by Gasteiger charge is -2.24. The fourth-order valence-electron chi connectivity index (χ4n) is 4.20. The Bertz CT molecular complexity index is 1410. The van der Waals surface area contributed by atoms with E-state index < -0.39 is 0 Å². The molecule has 35 heavy (non-hydrogen) atoms. The van der Waals surface area contributed by atoms with E-state index in [2.05, 4.69) is 11.4 Å². The number of hydrogen-bond donors (Lipinski definition) is 1. The molecule has 0 spiro atoms. The van der Waals surface area contributed by atoms with Crippen LogP contribution in [0, 0.1) is 13.8 Å². The zero-order valence-electron chi connectivity index (χ0n) is 19.7. The summed E-state index contributed by atoms with van der Waals surface area (Å²) in [6.07, 6.45) is 0. The summed E-state index contributed by atoms with van der Waals surface area (Å²) in [5.74, 6) is -0.228. The Hall–Kier alpha value is -3.83. The summed E-state index contributed by atoms with van der Waals surface area (Å²) in [5.41, 5.74) is 6.37. The minimum absolute atomic E-state index is 0.0643. The minimum Gasteiger partial charge on any atom is -0.348 e. The van der Waals surface area contributed by atoms with Crippen LogP contribution in [0.5, 0.6) is 0 Å². The number of amides is 2. The summed E-state index contributed by atoms with van der Waals surface area (Å²) in [6.45, 7) is 4.96. The van der Waals surface area contributed by atoms with Gasteiger partial charge in [-0.15, -0.1) is 0 Å². The van der Waals surface area contributed by atoms with E-state index in [0.29, 0.717) is 24.2 Å². The summed E-state index contributed by atoms with van der Waals surface area (Å²) < 4.78 is 0. The Morgan fingerprint density at radius 2 is 1.60 bits per heavy atom. The molecule has 0 saturated heterocycles. The smallest absolute Gasteiger partial charge is 0.259 e. The highest BCUT2D eigenvalue weighted by Crippen LogP contribution is 2.42. The molecule has 2 amide bonds. The van der Waals surface area contributed by atoms with E-state index in [9.17, 15) is 9.59 Å². The van der Waals surface area contributed by atoms with E-state index >= 15 is 0 Å². The van der Waals surface area contributed by atoms with E-state index in [0.717, 1.165) is 32.2 Å². The van der Waals surface area contributed by atoms with Gasteiger partial charge in [0.2, 0.25) is 0 Å². The van der Waals surface area contributed by atoms with Gasteiger partial charge in [0.25, 0.3) is 11.8 Å². The lowest BCUT2D eigenvalue weighted by atomic mass is 10.1. The molecule has 0 bridgehead atoms. The van der Waals surface area contributed by atoms with Crippen LogP contribution < -0.4 is 10.2 Å². The highest BCUT2D eigenvalue weighted by atomic mass is 32.2. The number of hydrogen-bond acceptors (Lipinski definition) is 3. The predicted octanol–water partition coefficient (Wildman–Crippen LogP) is 6.55. The van der Waals surface area contributed by atoms with E-state index in [1.54, 1.807) is 16.7 Å². The highest BCUT2D eigenvalue weighted by Gasteiger charge is 2.28. The molecule has 0 radical (unpaired) electrons. The second-order valence-corrected chi connectivity index (χ2v) is 9.91. The van der Waals surface area contributed by atoms with Crippen molar-refractivity contribution < 1.29 is 9.59 Å². The monoisotopic (exact) mass is 478 g/mol. The van der Waals surface area contributed by atoms with Gasteiger partial charge in [0.05, 0.1) is 17.8 Å². The van der Waals surface area contributed by atoms with Crippen molar-refractivity contribution in [1.82, 2.24) is 5.32 Å². The first-order valence-electron chi connectivity index (χ1n) is 11.6. The predicted molar refractivity (Wildman–Crippen MR) is 141 cm³/mol. The summed E-state index contributed by atoms with van der Waals surface area (Å²) in [7, 11) is 0. The van der Waals surface area contributed by atoms with E-state index in [-0.39, 0.29) is 11.8 Å². The Morgan fingerprint density at radius 1 is 0.800 bits per heavy atom. The molecule has 1 heterocycles. The lowest BCUT2D eigenvalue weighted by Crippen LogP contribution is -2.31. The van der Waals surface area contributed by atoms with Gasteiger partial charge in [-0.3, -0.25) is 9.59 Å². The summed E-state index contributed by atoms with van der Waals surface area (Å²) in [4.78, 5) is 30.4. The second kappa shape index (κ2) is 9.80. The summed E-state index contributed by atoms with van der Waals surface area (Å²) >= 11 is 1.56. The van der Waals surface area contributed by atoms with Crippen LogP contribution in [-0.4, -0.2) is 11.8 Å². The summed E-state index contributed by atoms with van der Waals surface area (Å²) in [5, 5.41) is 3.01. The van der Waals surface area contributed by atoms with Crippen LogP contribution in [-0.2, 0) is 13.1 Å². The van der Waals surface area contributed by atoms with Crippen molar-refractivity contribution in [2.75, 3.05) is 4.90 Å². The quantitative estimate of drug-likeness (QED) is 0.354. The molecule has 4 nitrogen and oxygen atoms in total. The van der Waals surface area contributed by atoms with E-state index in [1.807, 2.05) is 98.8 Å². The van der Waals surface area contributed by atoms with Gasteiger partial charge in [0.1, 0.15) is 0 Å². The number of fused-ring (bicyclic) bond motifs is 2. The van der Waals surface area contributed by atoms with Crippen LogP contribution in [0.3, 0.4) is 0 Å². The molecule has 4 aromatic carbocycles. The normalized spacial score (nSPS) is 12.5. The van der Waals surface area contributed by atoms with Gasteiger partial charge in [0.15, 0.2) is 0 Å². The van der Waals surface area contributed by atoms with Crippen LogP contribution in [0.25, 0.3) is 0 Å². The van der Waals surface area contributed by atoms with Gasteiger partial charge in [0, 0.05) is 21.9 Å². The molecule has 0 fully saturated rings. The van der Waals surface area contributed by atoms with Crippen LogP contribution in [0.2, 0.25) is 0 Å². The molecular weight excluding hydrogens is 452 g/mol. The van der Waals surface area contributed by atoms with Crippen molar-refractivity contribution in [3.8, 4) is 0 Å². The van der Waals surface area contributed by atoms with Gasteiger partial charge in [-0.1, -0.05) is 83.6 Å². The maximum atomic E-state index is 13.7. The maximum Gasteiger partial charge on any atom is 0.259 e. The molecule has 0 saturated carbocycles. The fourth-order valence-corrected chi connectivity index (χ4v) is 5.26. The van der Waals surface area contributed by atoms with Gasteiger partial charge in [-0.05, 0) is 55.3 Å². The first kappa shape index (κ1) is 22.9. The van der Waals surface area contributed by atoms with Gasteiger partial charge >= 0.3 is 0 Å². The third-order valence-corrected chi connectivity index (χ3v) is 7.23. The molecular formula is C30H26N2O2S. The van der Waals surface area contributed by atoms with Crippen molar-refractivity contribution >= 4 is 29.3 Å². The third-order valence-electron chi connectivity index (χ3n) is 6.09. The molecule has 0 atom stereocenters. The number of nitrogens with one attached hydrogen (secondary N) is 1. The molecule has 5 rings (SSSR count). The van der Waals surface area contributed by atoms with E-state index in [1.165, 1.54) is 5.56 Å². The van der Waals surface area contributed by atoms with Crippen molar-refractivity contribution in [2.45, 2.75) is 36.7 Å². The lowest BCUT2D eigenvalue weighted by molar-refractivity contribution is 0.0947. The molecule has 174 valence electrons. The Labute approximate surface area is 210 Å². The Kier molecular flexibility index (Phi) is 6.43. The summed E-state index contributed by atoms with van der Waals surface area (Å²) in [6, 6.07) is 29.6. The number of nitrogens with zero attached hydrogens (tertiary/aromatic N) is 1. The number of carbonyl (C=O) groups excluding carboxylic acids is 2. The molecule has 0 aromatic heterocycles. The van der Waals surface area contributed by atoms with E-state index in [4.69, 9.17) is 0 Å². The Morgan fingerprint density at radius 3 is 2.40 bits per heavy atom. The largest absolute Gasteiger partial charge is 0.348 e. The average Bonchev–Trinajstić information content (AvgIpc) is 2.98. The zero-order valence-corrected chi connectivity index (χ0v) is 20.6. The van der Waals surface area contributed by atoms with Gasteiger partial charge < -0.3 is 10.2 Å². The van der Waals surface area contributed by atoms with Crippen molar-refractivity contribution in [1.29, 1.82) is 0 Å². The minimum atomic E-state index is -0.164. The van der Waals surface area contributed by atoms with Crippen molar-refractivity contribution in [3.63, 3.8) is 0 Å². The van der Waals surface area contributed by atoms with Crippen LogP contribution in [0.4, 0.5) is 5.69 Å². The molecule has 0 aliphatic carbocycles. The van der Waals surface area contributed by atoms with Crippen molar-refractivity contribution in [2.24, 2.45) is 0 Å². The molecule has 0 unspecified atom stereocenters. The van der Waals surface area contributed by atoms with Crippen LogP contribution in [0.15, 0.2) is 101 Å². The average molecular weight is 479 g/mol. The second-order valence-electron chi connectivity index (χ2n) is 8.83. The number of aryl methyl sites for hydroxylation is 2. The highest BCUT2D eigenvalue weighted by molar-refractivity contribution is 7.99. The van der Waals surface area contributed by atoms with Crippen LogP contribution >= 0.6 is 11.8 Å². The third kappa shape index (κ3) is 5.00. The number of benzene rings is 4. The van der Waals surface area contributed by atoms with Gasteiger partial charge in [-0.25, -0.2) is 0 Å². The molecule has 5 heteroatoms. The molecule has 1 N–H and O–H groups in total. The molecule has 1 aliphatic heterocycles. The van der Waals surface area contributed by atoms with Gasteiger partial charge in [-0.2, -0.15) is 0 Å². The zero-order chi connectivity index (χ0) is 24.4. The first-order chi connectivity index (χ1) is 17.0. The first-order valence-corrected chi connectivity index (χ1v) is 12.4. The topological polar surface area (TPSA) is 49.4 Å². The van der Waals surface area contributed by atoms with Crippen molar-refractivity contribution in [3.05, 3.63) is 124 Å². The number of anilines is 1. The standard InChI is InChI=1S/C30H26N2O2S/c1-20-10-12-22(13-11-20)18-31-29(33)24-14-15-28-26(17-24)32(19-23-7-5-6-21(2)16-23)30(34)25-8-3-4-9-27(25)35-28/h3-17H,18-19H2,1-2H3,(H,31,33). The maximum absolute atomic E-state index is 13.7. The Balaban J connectivity index is 1.48. The SMILES string of the molecule is Cc1ccc(CNC(=O)c2ccc3c(c2)N(Cc2cccc(C)c2)C(=O)c2ccccc2S3)cc1.